The van der Waals surface area contributed by atoms with Crippen molar-refractivity contribution in [1.29, 1.82) is 0 Å². The van der Waals surface area contributed by atoms with Crippen molar-refractivity contribution in [3.63, 3.8) is 0 Å². The van der Waals surface area contributed by atoms with Crippen LogP contribution in [0.2, 0.25) is 0 Å². The summed E-state index contributed by atoms with van der Waals surface area (Å²) in [4.78, 5) is 24.1. The van der Waals surface area contributed by atoms with Crippen molar-refractivity contribution in [2.75, 3.05) is 18.5 Å². The summed E-state index contributed by atoms with van der Waals surface area (Å²) in [5, 5.41) is 8.64. The molecule has 0 aromatic carbocycles. The van der Waals surface area contributed by atoms with E-state index < -0.39 is 11.2 Å². The molecule has 0 spiro atoms. The molecule has 2 rings (SSSR count). The first-order valence-electron chi connectivity index (χ1n) is 5.30. The van der Waals surface area contributed by atoms with Crippen LogP contribution in [0.15, 0.2) is 9.59 Å². The molecule has 88 valence electrons. The van der Waals surface area contributed by atoms with Gasteiger partial charge in [0.05, 0.1) is 6.10 Å². The fourth-order valence-electron chi connectivity index (χ4n) is 1.65. The lowest BCUT2D eigenvalue weighted by molar-refractivity contribution is 0.0247. The third kappa shape index (κ3) is 2.69. The molecule has 1 aliphatic rings. The maximum absolute atomic E-state index is 11.3. The Morgan fingerprint density at radius 2 is 2.31 bits per heavy atom. The van der Waals surface area contributed by atoms with Gasteiger partial charge >= 0.3 is 5.69 Å². The van der Waals surface area contributed by atoms with Crippen molar-refractivity contribution in [2.24, 2.45) is 0 Å². The van der Waals surface area contributed by atoms with Crippen molar-refractivity contribution in [1.82, 2.24) is 15.2 Å². The zero-order valence-electron chi connectivity index (χ0n) is 8.78. The molecule has 2 heterocycles. The highest BCUT2D eigenvalue weighted by atomic mass is 16.5. The van der Waals surface area contributed by atoms with Crippen LogP contribution < -0.4 is 16.6 Å². The molecule has 1 fully saturated rings. The second-order valence-corrected chi connectivity index (χ2v) is 3.72. The Morgan fingerprint density at radius 1 is 1.44 bits per heavy atom. The maximum Gasteiger partial charge on any atom is 0.342 e. The summed E-state index contributed by atoms with van der Waals surface area (Å²) >= 11 is 0. The first kappa shape index (κ1) is 10.9. The van der Waals surface area contributed by atoms with E-state index in [0.717, 1.165) is 25.9 Å². The third-order valence-electron chi connectivity index (χ3n) is 2.48. The Kier molecular flexibility index (Phi) is 3.35. The predicted molar refractivity (Wildman–Crippen MR) is 57.6 cm³/mol. The molecule has 1 aliphatic heterocycles. The standard InChI is InChI=1S/C9H14N4O3/c14-8-7(12-13-9(15)11-8)10-5-6-3-1-2-4-16-6/h6H,1-5H2,(H,10,12)(H2,11,13,14,15). The van der Waals surface area contributed by atoms with E-state index in [1.54, 1.807) is 0 Å². The van der Waals surface area contributed by atoms with Crippen LogP contribution in [0.1, 0.15) is 19.3 Å². The van der Waals surface area contributed by atoms with Crippen LogP contribution in [0.3, 0.4) is 0 Å². The summed E-state index contributed by atoms with van der Waals surface area (Å²) in [6.45, 7) is 1.30. The van der Waals surface area contributed by atoms with E-state index >= 15 is 0 Å². The molecular formula is C9H14N4O3. The Morgan fingerprint density at radius 3 is 3.00 bits per heavy atom. The van der Waals surface area contributed by atoms with Gasteiger partial charge in [0.25, 0.3) is 5.56 Å². The largest absolute Gasteiger partial charge is 0.376 e. The highest BCUT2D eigenvalue weighted by Crippen LogP contribution is 2.12. The summed E-state index contributed by atoms with van der Waals surface area (Å²) in [5.74, 6) is 0.119. The molecular weight excluding hydrogens is 212 g/mol. The highest BCUT2D eigenvalue weighted by Gasteiger charge is 2.14. The fraction of sp³-hybridized carbons (Fsp3) is 0.667. The average molecular weight is 226 g/mol. The first-order valence-corrected chi connectivity index (χ1v) is 5.30. The monoisotopic (exact) mass is 226 g/mol. The zero-order chi connectivity index (χ0) is 11.4. The molecule has 0 bridgehead atoms. The second kappa shape index (κ2) is 4.93. The van der Waals surface area contributed by atoms with Gasteiger partial charge in [-0.25, -0.2) is 9.89 Å². The van der Waals surface area contributed by atoms with Crippen LogP contribution in [-0.4, -0.2) is 34.4 Å². The molecule has 1 saturated heterocycles. The van der Waals surface area contributed by atoms with Crippen LogP contribution >= 0.6 is 0 Å². The van der Waals surface area contributed by atoms with E-state index in [4.69, 9.17) is 4.74 Å². The van der Waals surface area contributed by atoms with Crippen molar-refractivity contribution in [3.05, 3.63) is 20.8 Å². The lowest BCUT2D eigenvalue weighted by Crippen LogP contribution is -2.32. The minimum atomic E-state index is -0.607. The van der Waals surface area contributed by atoms with Crippen molar-refractivity contribution in [2.45, 2.75) is 25.4 Å². The van der Waals surface area contributed by atoms with E-state index in [1.165, 1.54) is 0 Å². The number of rotatable bonds is 3. The molecule has 0 amide bonds. The number of aromatic amines is 2. The summed E-state index contributed by atoms with van der Waals surface area (Å²) in [5.41, 5.74) is -1.12. The number of nitrogens with zero attached hydrogens (tertiary/aromatic N) is 1. The van der Waals surface area contributed by atoms with Gasteiger partial charge in [0.1, 0.15) is 0 Å². The molecule has 1 atom stereocenters. The molecule has 0 radical (unpaired) electrons. The summed E-state index contributed by atoms with van der Waals surface area (Å²) in [6, 6.07) is 0. The third-order valence-corrected chi connectivity index (χ3v) is 2.48. The molecule has 1 unspecified atom stereocenters. The SMILES string of the molecule is O=c1[nH]nc(NCC2CCCCO2)c(=O)[nH]1. The number of anilines is 1. The molecule has 0 saturated carbocycles. The van der Waals surface area contributed by atoms with E-state index in [-0.39, 0.29) is 11.9 Å². The fourth-order valence-corrected chi connectivity index (χ4v) is 1.65. The van der Waals surface area contributed by atoms with Crippen molar-refractivity contribution >= 4 is 5.82 Å². The lowest BCUT2D eigenvalue weighted by atomic mass is 10.1. The van der Waals surface area contributed by atoms with Gasteiger partial charge in [-0.2, -0.15) is 0 Å². The number of ether oxygens (including phenoxy) is 1. The zero-order valence-corrected chi connectivity index (χ0v) is 8.78. The van der Waals surface area contributed by atoms with E-state index in [1.807, 2.05) is 0 Å². The van der Waals surface area contributed by atoms with Gasteiger partial charge in [0.2, 0.25) is 5.82 Å². The van der Waals surface area contributed by atoms with Crippen LogP contribution in [0.5, 0.6) is 0 Å². The van der Waals surface area contributed by atoms with E-state index in [0.29, 0.717) is 6.54 Å². The summed E-state index contributed by atoms with van der Waals surface area (Å²) in [6.07, 6.45) is 3.33. The minimum absolute atomic E-state index is 0.113. The van der Waals surface area contributed by atoms with Crippen LogP contribution in [0, 0.1) is 0 Å². The Bertz CT molecular complexity index is 447. The molecule has 3 N–H and O–H groups in total. The number of hydrogen-bond acceptors (Lipinski definition) is 5. The van der Waals surface area contributed by atoms with Crippen molar-refractivity contribution in [3.8, 4) is 0 Å². The lowest BCUT2D eigenvalue weighted by Gasteiger charge is -2.22. The maximum atomic E-state index is 11.3. The molecule has 0 aliphatic carbocycles. The quantitative estimate of drug-likeness (QED) is 0.641. The van der Waals surface area contributed by atoms with Gasteiger partial charge in [-0.3, -0.25) is 9.78 Å². The molecule has 1 aromatic heterocycles. The van der Waals surface area contributed by atoms with Gasteiger partial charge in [-0.05, 0) is 19.3 Å². The van der Waals surface area contributed by atoms with Gasteiger partial charge in [-0.15, -0.1) is 5.10 Å². The van der Waals surface area contributed by atoms with Crippen LogP contribution in [-0.2, 0) is 4.74 Å². The molecule has 1 aromatic rings. The Balaban J connectivity index is 1.93. The molecule has 16 heavy (non-hydrogen) atoms. The van der Waals surface area contributed by atoms with Gasteiger partial charge < -0.3 is 10.1 Å². The van der Waals surface area contributed by atoms with Crippen molar-refractivity contribution < 1.29 is 4.74 Å². The highest BCUT2D eigenvalue weighted by molar-refractivity contribution is 5.28. The number of hydrogen-bond donors (Lipinski definition) is 3. The summed E-state index contributed by atoms with van der Waals surface area (Å²) < 4.78 is 5.49. The van der Waals surface area contributed by atoms with Gasteiger partial charge in [-0.1, -0.05) is 0 Å². The second-order valence-electron chi connectivity index (χ2n) is 3.72. The number of nitrogens with one attached hydrogen (secondary N) is 3. The van der Waals surface area contributed by atoms with Crippen LogP contribution in [0.25, 0.3) is 0 Å². The molecule has 7 heteroatoms. The van der Waals surface area contributed by atoms with Crippen LogP contribution in [0.4, 0.5) is 5.82 Å². The van der Waals surface area contributed by atoms with E-state index in [2.05, 4.69) is 20.5 Å². The Hall–Kier alpha value is -1.63. The normalized spacial score (nSPS) is 20.6. The summed E-state index contributed by atoms with van der Waals surface area (Å²) in [7, 11) is 0. The van der Waals surface area contributed by atoms with Gasteiger partial charge in [0.15, 0.2) is 0 Å². The Labute approximate surface area is 91.2 Å². The van der Waals surface area contributed by atoms with Gasteiger partial charge in [0, 0.05) is 13.2 Å². The number of H-pyrrole nitrogens is 2. The average Bonchev–Trinajstić information content (AvgIpc) is 2.29. The minimum Gasteiger partial charge on any atom is -0.376 e. The smallest absolute Gasteiger partial charge is 0.342 e. The predicted octanol–water partition coefficient (Wildman–Crippen LogP) is -0.561. The topological polar surface area (TPSA) is 99.9 Å². The molecule has 7 nitrogen and oxygen atoms in total. The number of aromatic nitrogens is 3. The van der Waals surface area contributed by atoms with E-state index in [9.17, 15) is 9.59 Å². The first-order chi connectivity index (χ1) is 7.75.